The van der Waals surface area contributed by atoms with Crippen LogP contribution in [-0.2, 0) is 51.6 Å². The van der Waals surface area contributed by atoms with Crippen molar-refractivity contribution >= 4 is 23.2 Å². The van der Waals surface area contributed by atoms with Crippen LogP contribution in [0.3, 0.4) is 0 Å². The molecule has 1 amide bonds. The summed E-state index contributed by atoms with van der Waals surface area (Å²) in [4.78, 5) is 20.0. The molecule has 3 aromatic carbocycles. The molecule has 0 unspecified atom stereocenters. The number of carbonyl (C=O) groups is 1. The van der Waals surface area contributed by atoms with Gasteiger partial charge < -0.3 is 10.2 Å². The normalized spacial score (nSPS) is 12.3. The van der Waals surface area contributed by atoms with E-state index >= 15 is 0 Å². The third-order valence-corrected chi connectivity index (χ3v) is 8.55. The first-order valence-electron chi connectivity index (χ1n) is 14.7. The zero-order chi connectivity index (χ0) is 36.4. The van der Waals surface area contributed by atoms with Crippen molar-refractivity contribution in [3.05, 3.63) is 110 Å². The van der Waals surface area contributed by atoms with E-state index in [9.17, 15) is 44.3 Å². The number of halogens is 9. The number of nitrogens with zero attached hydrogens (tertiary/aromatic N) is 6. The van der Waals surface area contributed by atoms with E-state index in [2.05, 4.69) is 25.7 Å². The maximum absolute atomic E-state index is 14.0. The van der Waals surface area contributed by atoms with Gasteiger partial charge >= 0.3 is 18.5 Å². The fourth-order valence-electron chi connectivity index (χ4n) is 5.04. The van der Waals surface area contributed by atoms with Crippen LogP contribution in [0.1, 0.15) is 55.0 Å². The molecule has 8 nitrogen and oxygen atoms in total. The Labute approximate surface area is 282 Å². The molecule has 0 saturated heterocycles. The Morgan fingerprint density at radius 2 is 1.48 bits per heavy atom. The van der Waals surface area contributed by atoms with Crippen LogP contribution < -0.4 is 10.2 Å². The average Bonchev–Trinajstić information content (AvgIpc) is 3.68. The van der Waals surface area contributed by atoms with Crippen LogP contribution in [0.2, 0.25) is 0 Å². The van der Waals surface area contributed by atoms with Crippen molar-refractivity contribution in [1.82, 2.24) is 30.5 Å². The quantitative estimate of drug-likeness (QED) is 0.146. The van der Waals surface area contributed by atoms with Gasteiger partial charge in [0.25, 0.3) is 11.9 Å². The van der Waals surface area contributed by atoms with E-state index in [4.69, 9.17) is 0 Å². The highest BCUT2D eigenvalue weighted by molar-refractivity contribution is 7.12. The van der Waals surface area contributed by atoms with E-state index in [0.717, 1.165) is 21.8 Å². The molecule has 0 aliphatic rings. The molecule has 2 aromatic heterocycles. The summed E-state index contributed by atoms with van der Waals surface area (Å²) in [6, 6.07) is 12.3. The average molecular weight is 728 g/mol. The highest BCUT2D eigenvalue weighted by Gasteiger charge is 2.37. The number of amides is 1. The van der Waals surface area contributed by atoms with Gasteiger partial charge in [0.1, 0.15) is 5.01 Å². The summed E-state index contributed by atoms with van der Waals surface area (Å²) in [5.74, 6) is -0.633. The van der Waals surface area contributed by atoms with Crippen molar-refractivity contribution in [1.29, 1.82) is 0 Å². The summed E-state index contributed by atoms with van der Waals surface area (Å²) in [6.07, 6.45) is -14.6. The van der Waals surface area contributed by atoms with Crippen LogP contribution in [0.15, 0.2) is 66.7 Å². The Kier molecular flexibility index (Phi) is 10.2. The lowest BCUT2D eigenvalue weighted by molar-refractivity contribution is -0.143. The molecule has 0 aliphatic heterocycles. The predicted octanol–water partition coefficient (Wildman–Crippen LogP) is 8.09. The number of tetrazole rings is 1. The molecule has 2 heterocycles. The topological polar surface area (TPSA) is 88.8 Å². The summed E-state index contributed by atoms with van der Waals surface area (Å²) < 4.78 is 124. The molecule has 0 radical (unpaired) electrons. The molecule has 18 heteroatoms. The molecule has 0 spiro atoms. The highest BCUT2D eigenvalue weighted by Crippen LogP contribution is 2.39. The molecule has 0 fully saturated rings. The second-order valence-electron chi connectivity index (χ2n) is 11.0. The van der Waals surface area contributed by atoms with E-state index < -0.39 is 53.9 Å². The maximum Gasteiger partial charge on any atom is 0.416 e. The first-order valence-corrected chi connectivity index (χ1v) is 15.5. The summed E-state index contributed by atoms with van der Waals surface area (Å²) >= 11 is 1.23. The van der Waals surface area contributed by atoms with Crippen LogP contribution >= 0.6 is 11.3 Å². The number of anilines is 1. The third kappa shape index (κ3) is 8.58. The number of alkyl halides is 9. The minimum Gasteiger partial charge on any atom is -0.346 e. The van der Waals surface area contributed by atoms with Crippen molar-refractivity contribution < 1.29 is 44.3 Å². The Hall–Kier alpha value is -5.00. The summed E-state index contributed by atoms with van der Waals surface area (Å²) in [7, 11) is 1.36. The molecule has 0 aliphatic carbocycles. The number of aromatic nitrogens is 5. The van der Waals surface area contributed by atoms with Crippen LogP contribution in [0, 0.1) is 0 Å². The minimum absolute atomic E-state index is 0.00803. The van der Waals surface area contributed by atoms with Crippen molar-refractivity contribution in [2.24, 2.45) is 7.05 Å². The van der Waals surface area contributed by atoms with Gasteiger partial charge in [-0.1, -0.05) is 36.3 Å². The van der Waals surface area contributed by atoms with Gasteiger partial charge in [0.05, 0.1) is 36.0 Å². The number of thiazole rings is 1. The first-order chi connectivity index (χ1) is 23.4. The molecule has 0 bridgehead atoms. The number of carbonyl (C=O) groups excluding carboxylic acids is 1. The number of benzene rings is 3. The molecular formula is C32H26F9N7OS. The monoisotopic (exact) mass is 727 g/mol. The number of hydrogen-bond acceptors (Lipinski definition) is 7. The minimum atomic E-state index is -5.13. The van der Waals surface area contributed by atoms with E-state index in [0.29, 0.717) is 39.7 Å². The molecule has 5 aromatic rings. The van der Waals surface area contributed by atoms with Crippen LogP contribution in [0.25, 0.3) is 11.3 Å². The van der Waals surface area contributed by atoms with E-state index in [1.54, 1.807) is 37.3 Å². The van der Waals surface area contributed by atoms with Gasteiger partial charge in [0, 0.05) is 29.1 Å². The SMILES string of the molecule is CCc1sc(CNC(=O)c2ccccc2)nc1-c1ccc(C(F)(F)F)cc1CN(Cc1cc(C(F)(F)F)cc(C(F)(F)F)c1)c1nnn(C)n1. The van der Waals surface area contributed by atoms with Gasteiger partial charge in [0.2, 0.25) is 0 Å². The van der Waals surface area contributed by atoms with Crippen molar-refractivity contribution in [2.45, 2.75) is 51.5 Å². The fourth-order valence-corrected chi connectivity index (χ4v) is 6.00. The first kappa shape index (κ1) is 36.3. The van der Waals surface area contributed by atoms with Crippen molar-refractivity contribution in [3.63, 3.8) is 0 Å². The predicted molar refractivity (Wildman–Crippen MR) is 165 cm³/mol. The summed E-state index contributed by atoms with van der Waals surface area (Å²) in [6.45, 7) is 0.648. The van der Waals surface area contributed by atoms with E-state index in [1.165, 1.54) is 24.5 Å². The Morgan fingerprint density at radius 3 is 2.04 bits per heavy atom. The van der Waals surface area contributed by atoms with Gasteiger partial charge in [-0.3, -0.25) is 4.79 Å². The summed E-state index contributed by atoms with van der Waals surface area (Å²) in [5, 5.41) is 14.7. The molecule has 0 atom stereocenters. The molecule has 50 heavy (non-hydrogen) atoms. The van der Waals surface area contributed by atoms with E-state index in [1.807, 2.05) is 0 Å². The zero-order valence-corrected chi connectivity index (χ0v) is 26.9. The van der Waals surface area contributed by atoms with Crippen LogP contribution in [0.5, 0.6) is 0 Å². The summed E-state index contributed by atoms with van der Waals surface area (Å²) in [5.41, 5.74) is -3.71. The number of rotatable bonds is 10. The second-order valence-corrected chi connectivity index (χ2v) is 12.2. The van der Waals surface area contributed by atoms with Crippen molar-refractivity contribution in [2.75, 3.05) is 4.90 Å². The Bertz CT molecular complexity index is 1940. The number of nitrogens with one attached hydrogen (secondary N) is 1. The van der Waals surface area contributed by atoms with Gasteiger partial charge in [-0.25, -0.2) is 4.98 Å². The van der Waals surface area contributed by atoms with Crippen molar-refractivity contribution in [3.8, 4) is 11.3 Å². The molecule has 0 saturated carbocycles. The lowest BCUT2D eigenvalue weighted by Gasteiger charge is -2.24. The van der Waals surface area contributed by atoms with Gasteiger partial charge in [-0.2, -0.15) is 44.3 Å². The van der Waals surface area contributed by atoms with Crippen LogP contribution in [-0.4, -0.2) is 31.1 Å². The molecular weight excluding hydrogens is 701 g/mol. The second kappa shape index (κ2) is 14.1. The highest BCUT2D eigenvalue weighted by atomic mass is 32.1. The molecule has 1 N–H and O–H groups in total. The number of hydrogen-bond donors (Lipinski definition) is 1. The molecule has 264 valence electrons. The lowest BCUT2D eigenvalue weighted by Crippen LogP contribution is -2.25. The Morgan fingerprint density at radius 1 is 0.840 bits per heavy atom. The van der Waals surface area contributed by atoms with Gasteiger partial charge in [0.15, 0.2) is 0 Å². The largest absolute Gasteiger partial charge is 0.416 e. The third-order valence-electron chi connectivity index (χ3n) is 7.35. The smallest absolute Gasteiger partial charge is 0.346 e. The number of aryl methyl sites for hydroxylation is 2. The van der Waals surface area contributed by atoms with Crippen LogP contribution in [0.4, 0.5) is 45.5 Å². The van der Waals surface area contributed by atoms with E-state index in [-0.39, 0.29) is 35.6 Å². The maximum atomic E-state index is 14.0. The van der Waals surface area contributed by atoms with Gasteiger partial charge in [-0.15, -0.1) is 16.4 Å². The van der Waals surface area contributed by atoms with Gasteiger partial charge in [-0.05, 0) is 65.2 Å². The zero-order valence-electron chi connectivity index (χ0n) is 26.1. The Balaban J connectivity index is 1.56. The fraction of sp³-hybridized carbons (Fsp3) is 0.281. The standard InChI is InChI=1S/C32H26F9N7OS/c1-3-25-27(43-26(50-25)15-42-28(49)19-7-5-4-6-8-19)24-10-9-21(30(33,34)35)13-20(24)17-48(29-44-46-47(2)45-29)16-18-11-22(31(36,37)38)14-23(12-18)32(39,40)41/h4-14H,3,15-17H2,1-2H3,(H,42,49). The molecule has 5 rings (SSSR count). The lowest BCUT2D eigenvalue weighted by atomic mass is 9.99.